The largest absolute Gasteiger partial charge is 0.465 e. The predicted octanol–water partition coefficient (Wildman–Crippen LogP) is 5.52. The molecule has 1 aromatic carbocycles. The number of carbonyl (C=O) groups excluding carboxylic acids is 2. The van der Waals surface area contributed by atoms with Gasteiger partial charge in [-0.05, 0) is 35.7 Å². The lowest BCUT2D eigenvalue weighted by molar-refractivity contribution is 0.0600. The summed E-state index contributed by atoms with van der Waals surface area (Å²) in [5.41, 5.74) is 5.04. The van der Waals surface area contributed by atoms with Crippen molar-refractivity contribution in [3.63, 3.8) is 0 Å². The van der Waals surface area contributed by atoms with E-state index in [1.54, 1.807) is 12.3 Å². The third kappa shape index (κ3) is 3.69. The van der Waals surface area contributed by atoms with Crippen molar-refractivity contribution in [2.24, 2.45) is 0 Å². The van der Waals surface area contributed by atoms with Crippen LogP contribution in [-0.2, 0) is 17.6 Å². The quantitative estimate of drug-likeness (QED) is 0.390. The lowest BCUT2D eigenvalue weighted by atomic mass is 9.97. The molecule has 0 N–H and O–H groups in total. The number of aromatic nitrogens is 1. The van der Waals surface area contributed by atoms with Gasteiger partial charge >= 0.3 is 5.97 Å². The number of fused-ring (bicyclic) bond motifs is 1. The summed E-state index contributed by atoms with van der Waals surface area (Å²) in [7, 11) is 1.36. The van der Waals surface area contributed by atoms with E-state index in [0.717, 1.165) is 40.7 Å². The number of methoxy groups -OCH3 is 1. The van der Waals surface area contributed by atoms with E-state index in [0.29, 0.717) is 23.4 Å². The van der Waals surface area contributed by atoms with Gasteiger partial charge in [0.05, 0.1) is 18.2 Å². The van der Waals surface area contributed by atoms with Crippen molar-refractivity contribution in [2.75, 3.05) is 7.11 Å². The lowest BCUT2D eigenvalue weighted by Gasteiger charge is -2.09. The number of ether oxygens (including phenoxy) is 1. The molecular weight excluding hydrogens is 374 g/mol. The van der Waals surface area contributed by atoms with E-state index in [-0.39, 0.29) is 5.78 Å². The summed E-state index contributed by atoms with van der Waals surface area (Å²) in [6.07, 6.45) is 4.48. The maximum Gasteiger partial charge on any atom is 0.339 e. The summed E-state index contributed by atoms with van der Waals surface area (Å²) in [5.74, 6) is -0.295. The zero-order chi connectivity index (χ0) is 20.3. The average molecular weight is 398 g/mol. The van der Waals surface area contributed by atoms with Gasteiger partial charge in [0.15, 0.2) is 5.78 Å². The number of carbonyl (C=O) groups is 2. The normalized spacial score (nSPS) is 11.0. The first-order chi connectivity index (χ1) is 13.5. The third-order valence-electron chi connectivity index (χ3n) is 4.98. The molecule has 4 nitrogen and oxygen atoms in total. The highest BCUT2D eigenvalue weighted by atomic mass is 35.5. The molecule has 0 atom stereocenters. The number of hydrogen-bond acceptors (Lipinski definition) is 3. The Morgan fingerprint density at radius 1 is 1.11 bits per heavy atom. The van der Waals surface area contributed by atoms with Crippen molar-refractivity contribution >= 4 is 28.9 Å². The molecule has 2 aromatic heterocycles. The molecule has 0 aliphatic rings. The molecule has 0 saturated heterocycles. The van der Waals surface area contributed by atoms with Crippen molar-refractivity contribution in [3.8, 4) is 0 Å². The van der Waals surface area contributed by atoms with E-state index in [1.807, 2.05) is 41.7 Å². The summed E-state index contributed by atoms with van der Waals surface area (Å²) in [4.78, 5) is 24.9. The van der Waals surface area contributed by atoms with Crippen LogP contribution in [0.4, 0.5) is 0 Å². The SMILES string of the molecule is CCCc1c(C(=O)CC)c2ccc(C(=O)OC)cn2c1Cc1ccccc1Cl. The second-order valence-electron chi connectivity index (χ2n) is 6.76. The van der Waals surface area contributed by atoms with Crippen LogP contribution < -0.4 is 0 Å². The summed E-state index contributed by atoms with van der Waals surface area (Å²) >= 11 is 6.41. The van der Waals surface area contributed by atoms with Crippen molar-refractivity contribution in [2.45, 2.75) is 39.5 Å². The zero-order valence-electron chi connectivity index (χ0n) is 16.4. The standard InChI is InChI=1S/C23H24ClNO3/c1-4-8-17-20(13-15-9-6-7-10-18(15)24)25-14-16(23(27)28-3)11-12-19(25)22(17)21(26)5-2/h6-7,9-12,14H,4-5,8,13H2,1-3H3. The first kappa shape index (κ1) is 20.2. The van der Waals surface area contributed by atoms with Crippen molar-refractivity contribution in [3.05, 3.63) is 75.6 Å². The molecule has 0 bridgehead atoms. The number of hydrogen-bond donors (Lipinski definition) is 0. The summed E-state index contributed by atoms with van der Waals surface area (Å²) in [6, 6.07) is 11.3. The second-order valence-corrected chi connectivity index (χ2v) is 7.17. The summed E-state index contributed by atoms with van der Waals surface area (Å²) < 4.78 is 6.84. The lowest BCUT2D eigenvalue weighted by Crippen LogP contribution is -2.05. The van der Waals surface area contributed by atoms with Crippen LogP contribution in [0.5, 0.6) is 0 Å². The van der Waals surface area contributed by atoms with Gasteiger partial charge < -0.3 is 9.14 Å². The van der Waals surface area contributed by atoms with Crippen LogP contribution in [0.2, 0.25) is 5.02 Å². The smallest absolute Gasteiger partial charge is 0.339 e. The van der Waals surface area contributed by atoms with Crippen LogP contribution in [0.25, 0.3) is 5.52 Å². The third-order valence-corrected chi connectivity index (χ3v) is 5.35. The monoisotopic (exact) mass is 397 g/mol. The van der Waals surface area contributed by atoms with E-state index in [9.17, 15) is 9.59 Å². The highest BCUT2D eigenvalue weighted by molar-refractivity contribution is 6.31. The minimum atomic E-state index is -0.403. The Balaban J connectivity index is 2.30. The second kappa shape index (κ2) is 8.61. The van der Waals surface area contributed by atoms with Crippen LogP contribution >= 0.6 is 11.6 Å². The molecule has 0 unspecified atom stereocenters. The van der Waals surface area contributed by atoms with Crippen molar-refractivity contribution in [1.82, 2.24) is 4.40 Å². The van der Waals surface area contributed by atoms with Gasteiger partial charge in [0.2, 0.25) is 0 Å². The summed E-state index contributed by atoms with van der Waals surface area (Å²) in [5, 5.41) is 0.687. The van der Waals surface area contributed by atoms with Crippen LogP contribution in [0.1, 0.15) is 64.2 Å². The Morgan fingerprint density at radius 3 is 2.50 bits per heavy atom. The van der Waals surface area contributed by atoms with Gasteiger partial charge in [0, 0.05) is 35.3 Å². The maximum absolute atomic E-state index is 12.8. The van der Waals surface area contributed by atoms with Gasteiger partial charge in [-0.15, -0.1) is 0 Å². The summed E-state index contributed by atoms with van der Waals surface area (Å²) in [6.45, 7) is 3.97. The fourth-order valence-corrected chi connectivity index (χ4v) is 3.83. The van der Waals surface area contributed by atoms with E-state index < -0.39 is 5.97 Å². The molecule has 28 heavy (non-hydrogen) atoms. The molecular formula is C23H24ClNO3. The molecule has 0 fully saturated rings. The van der Waals surface area contributed by atoms with Crippen molar-refractivity contribution in [1.29, 1.82) is 0 Å². The Bertz CT molecular complexity index is 1040. The molecule has 2 heterocycles. The average Bonchev–Trinajstić information content (AvgIpc) is 3.01. The maximum atomic E-state index is 12.8. The number of halogens is 1. The zero-order valence-corrected chi connectivity index (χ0v) is 17.2. The number of benzene rings is 1. The van der Waals surface area contributed by atoms with Crippen LogP contribution in [0, 0.1) is 0 Å². The number of nitrogens with zero attached hydrogens (tertiary/aromatic N) is 1. The van der Waals surface area contributed by atoms with E-state index in [1.165, 1.54) is 7.11 Å². The van der Waals surface area contributed by atoms with Gasteiger partial charge in [-0.2, -0.15) is 0 Å². The topological polar surface area (TPSA) is 47.8 Å². The van der Waals surface area contributed by atoms with Gasteiger partial charge in [0.1, 0.15) is 0 Å². The van der Waals surface area contributed by atoms with Gasteiger partial charge in [-0.1, -0.05) is 50.1 Å². The minimum absolute atomic E-state index is 0.108. The molecule has 0 aliphatic heterocycles. The van der Waals surface area contributed by atoms with E-state index in [4.69, 9.17) is 16.3 Å². The Hall–Kier alpha value is -2.59. The van der Waals surface area contributed by atoms with Crippen LogP contribution in [-0.4, -0.2) is 23.3 Å². The highest BCUT2D eigenvalue weighted by Crippen LogP contribution is 2.30. The number of pyridine rings is 1. The molecule has 3 rings (SSSR count). The predicted molar refractivity (Wildman–Crippen MR) is 112 cm³/mol. The molecule has 3 aromatic rings. The first-order valence-corrected chi connectivity index (χ1v) is 9.90. The molecule has 0 radical (unpaired) electrons. The minimum Gasteiger partial charge on any atom is -0.465 e. The van der Waals surface area contributed by atoms with Crippen LogP contribution in [0.15, 0.2) is 42.6 Å². The molecule has 0 amide bonds. The highest BCUT2D eigenvalue weighted by Gasteiger charge is 2.23. The number of ketones is 1. The Kier molecular flexibility index (Phi) is 6.20. The fourth-order valence-electron chi connectivity index (χ4n) is 3.63. The Morgan fingerprint density at radius 2 is 1.86 bits per heavy atom. The Labute approximate surface area is 170 Å². The van der Waals surface area contributed by atoms with Crippen LogP contribution in [0.3, 0.4) is 0 Å². The number of esters is 1. The van der Waals surface area contributed by atoms with Gasteiger partial charge in [0.25, 0.3) is 0 Å². The number of rotatable bonds is 7. The van der Waals surface area contributed by atoms with E-state index in [2.05, 4.69) is 6.92 Å². The number of Topliss-reactive ketones (excluding diaryl/α,β-unsaturated/α-hetero) is 1. The molecule has 0 saturated carbocycles. The molecule has 0 aliphatic carbocycles. The van der Waals surface area contributed by atoms with Gasteiger partial charge in [-0.25, -0.2) is 4.79 Å². The molecule has 0 spiro atoms. The van der Waals surface area contributed by atoms with Crippen molar-refractivity contribution < 1.29 is 14.3 Å². The molecule has 5 heteroatoms. The van der Waals surface area contributed by atoms with Gasteiger partial charge in [-0.3, -0.25) is 4.79 Å². The van der Waals surface area contributed by atoms with E-state index >= 15 is 0 Å². The first-order valence-electron chi connectivity index (χ1n) is 9.52. The molecule has 146 valence electrons. The fraction of sp³-hybridized carbons (Fsp3) is 0.304.